The molecule has 0 aromatic carbocycles. The number of rotatable bonds is 5. The number of hydrogen-bond donors (Lipinski definition) is 2. The fourth-order valence-corrected chi connectivity index (χ4v) is 2.85. The molecule has 1 fully saturated rings. The molecule has 0 bridgehead atoms. The lowest BCUT2D eigenvalue weighted by atomic mass is 10.0. The predicted octanol–water partition coefficient (Wildman–Crippen LogP) is 2.40. The zero-order valence-corrected chi connectivity index (χ0v) is 12.4. The highest BCUT2D eigenvalue weighted by molar-refractivity contribution is 6.33. The standard InChI is InChI=1S/C14H20ClN3O2/c1-2-7-18(11-3-5-16-6-4-11)13-12(15)8-10(9-17-13)14(19)20/h8-9,11,16H,2-7H2,1H3,(H,19,20). The van der Waals surface area contributed by atoms with Crippen molar-refractivity contribution in [2.45, 2.75) is 32.2 Å². The van der Waals surface area contributed by atoms with E-state index in [0.29, 0.717) is 16.9 Å². The summed E-state index contributed by atoms with van der Waals surface area (Å²) < 4.78 is 0. The van der Waals surface area contributed by atoms with Gasteiger partial charge in [0.1, 0.15) is 5.82 Å². The quantitative estimate of drug-likeness (QED) is 0.874. The van der Waals surface area contributed by atoms with Crippen LogP contribution in [-0.2, 0) is 0 Å². The number of carbonyl (C=O) groups is 1. The first-order valence-electron chi connectivity index (χ1n) is 6.99. The average molecular weight is 298 g/mol. The molecule has 1 aliphatic rings. The van der Waals surface area contributed by atoms with Gasteiger partial charge in [-0.3, -0.25) is 0 Å². The van der Waals surface area contributed by atoms with E-state index in [1.165, 1.54) is 12.3 Å². The number of aromatic nitrogens is 1. The normalized spacial score (nSPS) is 16.1. The van der Waals surface area contributed by atoms with Gasteiger partial charge in [0.15, 0.2) is 0 Å². The third kappa shape index (κ3) is 3.41. The third-order valence-electron chi connectivity index (χ3n) is 3.55. The summed E-state index contributed by atoms with van der Waals surface area (Å²) in [5.41, 5.74) is 0.125. The summed E-state index contributed by atoms with van der Waals surface area (Å²) in [7, 11) is 0. The summed E-state index contributed by atoms with van der Waals surface area (Å²) in [6, 6.07) is 1.90. The molecular formula is C14H20ClN3O2. The van der Waals surface area contributed by atoms with Crippen LogP contribution in [0.3, 0.4) is 0 Å². The number of nitrogens with one attached hydrogen (secondary N) is 1. The predicted molar refractivity (Wildman–Crippen MR) is 79.7 cm³/mol. The molecule has 110 valence electrons. The minimum atomic E-state index is -1.00. The van der Waals surface area contributed by atoms with Crippen LogP contribution in [0.1, 0.15) is 36.5 Å². The van der Waals surface area contributed by atoms with Crippen molar-refractivity contribution >= 4 is 23.4 Å². The van der Waals surface area contributed by atoms with Gasteiger partial charge in [0.05, 0.1) is 10.6 Å². The molecular weight excluding hydrogens is 278 g/mol. The van der Waals surface area contributed by atoms with E-state index in [-0.39, 0.29) is 5.56 Å². The molecule has 0 radical (unpaired) electrons. The smallest absolute Gasteiger partial charge is 0.337 e. The molecule has 2 rings (SSSR count). The van der Waals surface area contributed by atoms with Crippen molar-refractivity contribution in [1.82, 2.24) is 10.3 Å². The molecule has 0 unspecified atom stereocenters. The molecule has 1 aromatic rings. The number of nitrogens with zero attached hydrogens (tertiary/aromatic N) is 2. The molecule has 0 atom stereocenters. The maximum Gasteiger partial charge on any atom is 0.337 e. The Morgan fingerprint density at radius 2 is 2.25 bits per heavy atom. The maximum absolute atomic E-state index is 10.9. The lowest BCUT2D eigenvalue weighted by Gasteiger charge is -2.35. The summed E-state index contributed by atoms with van der Waals surface area (Å²) >= 11 is 6.24. The van der Waals surface area contributed by atoms with Crippen molar-refractivity contribution in [3.63, 3.8) is 0 Å². The van der Waals surface area contributed by atoms with E-state index in [2.05, 4.69) is 22.1 Å². The van der Waals surface area contributed by atoms with Gasteiger partial charge < -0.3 is 15.3 Å². The topological polar surface area (TPSA) is 65.5 Å². The maximum atomic E-state index is 10.9. The molecule has 0 aliphatic carbocycles. The van der Waals surface area contributed by atoms with Gasteiger partial charge in [0.25, 0.3) is 0 Å². The van der Waals surface area contributed by atoms with Crippen molar-refractivity contribution in [1.29, 1.82) is 0 Å². The lowest BCUT2D eigenvalue weighted by molar-refractivity contribution is 0.0696. The largest absolute Gasteiger partial charge is 0.478 e. The molecule has 0 spiro atoms. The number of piperidine rings is 1. The second-order valence-corrected chi connectivity index (χ2v) is 5.42. The van der Waals surface area contributed by atoms with Crippen LogP contribution >= 0.6 is 11.6 Å². The first-order chi connectivity index (χ1) is 9.63. The molecule has 2 N–H and O–H groups in total. The summed E-state index contributed by atoms with van der Waals surface area (Å²) in [6.45, 7) is 4.99. The van der Waals surface area contributed by atoms with Gasteiger partial charge in [0, 0.05) is 18.8 Å². The van der Waals surface area contributed by atoms with Gasteiger partial charge in [-0.05, 0) is 38.4 Å². The van der Waals surface area contributed by atoms with Crippen LogP contribution in [0, 0.1) is 0 Å². The summed E-state index contributed by atoms with van der Waals surface area (Å²) in [5.74, 6) is -0.305. The minimum Gasteiger partial charge on any atom is -0.478 e. The fourth-order valence-electron chi connectivity index (χ4n) is 2.58. The minimum absolute atomic E-state index is 0.125. The van der Waals surface area contributed by atoms with E-state index in [4.69, 9.17) is 16.7 Å². The molecule has 1 aliphatic heterocycles. The molecule has 20 heavy (non-hydrogen) atoms. The van der Waals surface area contributed by atoms with Gasteiger partial charge in [-0.15, -0.1) is 0 Å². The first kappa shape index (κ1) is 15.1. The van der Waals surface area contributed by atoms with Crippen LogP contribution in [-0.4, -0.2) is 41.7 Å². The van der Waals surface area contributed by atoms with Crippen molar-refractivity contribution < 1.29 is 9.90 Å². The Kier molecular flexibility index (Phi) is 5.20. The average Bonchev–Trinajstić information content (AvgIpc) is 2.46. The van der Waals surface area contributed by atoms with E-state index in [0.717, 1.165) is 38.9 Å². The Morgan fingerprint density at radius 3 is 2.80 bits per heavy atom. The fraction of sp³-hybridized carbons (Fsp3) is 0.571. The molecule has 1 aromatic heterocycles. The Hall–Kier alpha value is -1.33. The highest BCUT2D eigenvalue weighted by Gasteiger charge is 2.23. The Balaban J connectivity index is 2.26. The van der Waals surface area contributed by atoms with Crippen LogP contribution in [0.2, 0.25) is 5.02 Å². The molecule has 1 saturated heterocycles. The van der Waals surface area contributed by atoms with Gasteiger partial charge in [-0.25, -0.2) is 9.78 Å². The Bertz CT molecular complexity index is 475. The van der Waals surface area contributed by atoms with Crippen molar-refractivity contribution in [2.24, 2.45) is 0 Å². The van der Waals surface area contributed by atoms with Gasteiger partial charge in [-0.1, -0.05) is 18.5 Å². The van der Waals surface area contributed by atoms with Gasteiger partial charge in [0.2, 0.25) is 0 Å². The highest BCUT2D eigenvalue weighted by atomic mass is 35.5. The second-order valence-electron chi connectivity index (χ2n) is 5.01. The van der Waals surface area contributed by atoms with Crippen LogP contribution < -0.4 is 10.2 Å². The Labute approximate surface area is 123 Å². The lowest BCUT2D eigenvalue weighted by Crippen LogP contribution is -2.44. The zero-order chi connectivity index (χ0) is 14.5. The second kappa shape index (κ2) is 6.90. The molecule has 5 nitrogen and oxygen atoms in total. The van der Waals surface area contributed by atoms with Crippen LogP contribution in [0.25, 0.3) is 0 Å². The zero-order valence-electron chi connectivity index (χ0n) is 11.6. The number of anilines is 1. The monoisotopic (exact) mass is 297 g/mol. The van der Waals surface area contributed by atoms with Gasteiger partial charge in [-0.2, -0.15) is 0 Å². The summed E-state index contributed by atoms with van der Waals surface area (Å²) in [4.78, 5) is 17.4. The number of aromatic carboxylic acids is 1. The number of carboxylic acids is 1. The summed E-state index contributed by atoms with van der Waals surface area (Å²) in [5, 5.41) is 12.7. The molecule has 6 heteroatoms. The van der Waals surface area contributed by atoms with Crippen molar-refractivity contribution in [3.05, 3.63) is 22.8 Å². The molecule has 0 saturated carbocycles. The highest BCUT2D eigenvalue weighted by Crippen LogP contribution is 2.28. The van der Waals surface area contributed by atoms with Crippen molar-refractivity contribution in [2.75, 3.05) is 24.5 Å². The number of carboxylic acid groups (broad SMARTS) is 1. The Morgan fingerprint density at radius 1 is 1.55 bits per heavy atom. The van der Waals surface area contributed by atoms with E-state index >= 15 is 0 Å². The van der Waals surface area contributed by atoms with E-state index in [1.54, 1.807) is 0 Å². The summed E-state index contributed by atoms with van der Waals surface area (Å²) in [6.07, 6.45) is 4.49. The number of halogens is 1. The molecule has 0 amide bonds. The van der Waals surface area contributed by atoms with Crippen molar-refractivity contribution in [3.8, 4) is 0 Å². The van der Waals surface area contributed by atoms with E-state index in [9.17, 15) is 4.79 Å². The van der Waals surface area contributed by atoms with Gasteiger partial charge >= 0.3 is 5.97 Å². The van der Waals surface area contributed by atoms with Crippen LogP contribution in [0.4, 0.5) is 5.82 Å². The SMILES string of the molecule is CCCN(c1ncc(C(=O)O)cc1Cl)C1CCNCC1. The van der Waals surface area contributed by atoms with E-state index in [1.807, 2.05) is 0 Å². The van der Waals surface area contributed by atoms with Crippen LogP contribution in [0.5, 0.6) is 0 Å². The first-order valence-corrected chi connectivity index (χ1v) is 7.37. The third-order valence-corrected chi connectivity index (χ3v) is 3.83. The van der Waals surface area contributed by atoms with E-state index < -0.39 is 5.97 Å². The van der Waals surface area contributed by atoms with Crippen LogP contribution in [0.15, 0.2) is 12.3 Å². The number of hydrogen-bond acceptors (Lipinski definition) is 4. The molecule has 2 heterocycles. The number of pyridine rings is 1.